The van der Waals surface area contributed by atoms with E-state index in [9.17, 15) is 19.5 Å². The zero-order chi connectivity index (χ0) is 13.1. The van der Waals surface area contributed by atoms with Crippen molar-refractivity contribution in [3.8, 4) is 0 Å². The van der Waals surface area contributed by atoms with Gasteiger partial charge >= 0.3 is 5.97 Å². The first-order valence-electron chi connectivity index (χ1n) is 5.69. The standard InChI is InChI=1S/C12H13NO4S/c14-10-4-1-5-11(15)13(10)9(12(16)17)7-8-3-2-6-18-8/h2-3,6,9H,1,4-5,7H2,(H,16,17). The number of hydrogen-bond acceptors (Lipinski definition) is 4. The SMILES string of the molecule is O=C(O)C(Cc1cccs1)N1C(=O)CCCC1=O. The van der Waals surface area contributed by atoms with E-state index in [0.717, 1.165) is 9.78 Å². The van der Waals surface area contributed by atoms with Crippen LogP contribution in [0.25, 0.3) is 0 Å². The molecule has 1 saturated heterocycles. The smallest absolute Gasteiger partial charge is 0.327 e. The highest BCUT2D eigenvalue weighted by Crippen LogP contribution is 2.20. The third-order valence-electron chi connectivity index (χ3n) is 2.89. The fourth-order valence-electron chi connectivity index (χ4n) is 2.03. The van der Waals surface area contributed by atoms with Gasteiger partial charge in [0.25, 0.3) is 0 Å². The van der Waals surface area contributed by atoms with Crippen LogP contribution in [0.15, 0.2) is 17.5 Å². The van der Waals surface area contributed by atoms with E-state index in [1.54, 1.807) is 6.07 Å². The maximum absolute atomic E-state index is 11.7. The van der Waals surface area contributed by atoms with Gasteiger partial charge in [0, 0.05) is 24.1 Å². The van der Waals surface area contributed by atoms with Gasteiger partial charge in [-0.3, -0.25) is 14.5 Å². The largest absolute Gasteiger partial charge is 0.480 e. The molecular formula is C12H13NO4S. The normalized spacial score (nSPS) is 17.9. The number of carboxylic acid groups (broad SMARTS) is 1. The van der Waals surface area contributed by atoms with Crippen LogP contribution in [-0.4, -0.2) is 33.8 Å². The molecule has 0 bridgehead atoms. The molecule has 2 amide bonds. The molecule has 0 saturated carbocycles. The lowest BCUT2D eigenvalue weighted by Gasteiger charge is -2.30. The molecule has 2 heterocycles. The van der Waals surface area contributed by atoms with Crippen molar-refractivity contribution in [3.05, 3.63) is 22.4 Å². The van der Waals surface area contributed by atoms with Crippen molar-refractivity contribution < 1.29 is 19.5 Å². The summed E-state index contributed by atoms with van der Waals surface area (Å²) in [6, 6.07) is 2.54. The molecule has 1 fully saturated rings. The molecule has 1 unspecified atom stereocenters. The molecule has 1 atom stereocenters. The molecule has 0 aromatic carbocycles. The monoisotopic (exact) mass is 267 g/mol. The summed E-state index contributed by atoms with van der Waals surface area (Å²) >= 11 is 1.42. The van der Waals surface area contributed by atoms with Crippen LogP contribution in [0.5, 0.6) is 0 Å². The number of carbonyl (C=O) groups excluding carboxylic acids is 2. The fraction of sp³-hybridized carbons (Fsp3) is 0.417. The van der Waals surface area contributed by atoms with Crippen molar-refractivity contribution in [2.45, 2.75) is 31.7 Å². The van der Waals surface area contributed by atoms with Gasteiger partial charge in [0.15, 0.2) is 0 Å². The lowest BCUT2D eigenvalue weighted by molar-refractivity contribution is -0.160. The van der Waals surface area contributed by atoms with E-state index in [-0.39, 0.29) is 31.1 Å². The van der Waals surface area contributed by atoms with Crippen LogP contribution in [0.3, 0.4) is 0 Å². The minimum absolute atomic E-state index is 0.185. The number of imide groups is 1. The lowest BCUT2D eigenvalue weighted by atomic mass is 10.0. The van der Waals surface area contributed by atoms with Crippen molar-refractivity contribution in [2.24, 2.45) is 0 Å². The summed E-state index contributed by atoms with van der Waals surface area (Å²) in [7, 11) is 0. The van der Waals surface area contributed by atoms with Gasteiger partial charge in [-0.25, -0.2) is 4.79 Å². The van der Waals surface area contributed by atoms with Gasteiger partial charge in [-0.05, 0) is 17.9 Å². The summed E-state index contributed by atoms with van der Waals surface area (Å²) in [6.45, 7) is 0. The number of amides is 2. The maximum Gasteiger partial charge on any atom is 0.327 e. The molecule has 1 aromatic rings. The van der Waals surface area contributed by atoms with Gasteiger partial charge in [0.2, 0.25) is 11.8 Å². The van der Waals surface area contributed by atoms with Crippen molar-refractivity contribution >= 4 is 29.1 Å². The number of likely N-dealkylation sites (tertiary alicyclic amines) is 1. The number of aliphatic carboxylic acids is 1. The Morgan fingerprint density at radius 2 is 2.06 bits per heavy atom. The molecule has 0 spiro atoms. The molecule has 2 rings (SSSR count). The minimum Gasteiger partial charge on any atom is -0.480 e. The first kappa shape index (κ1) is 12.8. The molecule has 96 valence electrons. The number of carbonyl (C=O) groups is 3. The van der Waals surface area contributed by atoms with Gasteiger partial charge in [-0.15, -0.1) is 11.3 Å². The highest BCUT2D eigenvalue weighted by Gasteiger charge is 2.36. The van der Waals surface area contributed by atoms with Gasteiger partial charge in [0.1, 0.15) is 6.04 Å². The maximum atomic E-state index is 11.7. The van der Waals surface area contributed by atoms with Gasteiger partial charge in [0.05, 0.1) is 0 Å². The molecule has 6 heteroatoms. The molecule has 0 aliphatic carbocycles. The first-order chi connectivity index (χ1) is 8.59. The number of hydrogen-bond donors (Lipinski definition) is 1. The third-order valence-corrected chi connectivity index (χ3v) is 3.79. The van der Waals surface area contributed by atoms with Crippen LogP contribution < -0.4 is 0 Å². The predicted molar refractivity (Wildman–Crippen MR) is 65.2 cm³/mol. The molecule has 1 N–H and O–H groups in total. The van der Waals surface area contributed by atoms with Gasteiger partial charge in [-0.1, -0.05) is 6.07 Å². The van der Waals surface area contributed by atoms with E-state index < -0.39 is 12.0 Å². The Kier molecular flexibility index (Phi) is 3.76. The van der Waals surface area contributed by atoms with Crippen LogP contribution >= 0.6 is 11.3 Å². The Morgan fingerprint density at radius 3 is 2.56 bits per heavy atom. The molecule has 0 radical (unpaired) electrons. The molecule has 1 aliphatic heterocycles. The Labute approximate surface area is 108 Å². The van der Waals surface area contributed by atoms with Crippen LogP contribution in [0.1, 0.15) is 24.1 Å². The van der Waals surface area contributed by atoms with Crippen molar-refractivity contribution in [3.63, 3.8) is 0 Å². The quantitative estimate of drug-likeness (QED) is 0.834. The second-order valence-corrected chi connectivity index (χ2v) is 5.18. The number of thiophene rings is 1. The van der Waals surface area contributed by atoms with Crippen molar-refractivity contribution in [2.75, 3.05) is 0 Å². The average Bonchev–Trinajstić information content (AvgIpc) is 2.80. The van der Waals surface area contributed by atoms with Crippen LogP contribution in [0.4, 0.5) is 0 Å². The molecule has 1 aliphatic rings. The zero-order valence-corrected chi connectivity index (χ0v) is 10.5. The molecule has 18 heavy (non-hydrogen) atoms. The van der Waals surface area contributed by atoms with E-state index in [1.165, 1.54) is 11.3 Å². The average molecular weight is 267 g/mol. The summed E-state index contributed by atoms with van der Waals surface area (Å²) in [5.74, 6) is -1.89. The lowest BCUT2D eigenvalue weighted by Crippen LogP contribution is -2.51. The second-order valence-electron chi connectivity index (χ2n) is 4.15. The van der Waals surface area contributed by atoms with Gasteiger partial charge < -0.3 is 5.11 Å². The Morgan fingerprint density at radius 1 is 1.39 bits per heavy atom. The summed E-state index contributed by atoms with van der Waals surface area (Å²) in [5, 5.41) is 11.1. The van der Waals surface area contributed by atoms with Crippen molar-refractivity contribution in [1.29, 1.82) is 0 Å². The van der Waals surface area contributed by atoms with Crippen molar-refractivity contribution in [1.82, 2.24) is 4.90 Å². The third kappa shape index (κ3) is 2.59. The van der Waals surface area contributed by atoms with E-state index >= 15 is 0 Å². The molecular weight excluding hydrogens is 254 g/mol. The molecule has 1 aromatic heterocycles. The predicted octanol–water partition coefficient (Wildman–Crippen LogP) is 1.28. The Balaban J connectivity index is 2.21. The Bertz CT molecular complexity index is 452. The van der Waals surface area contributed by atoms with Crippen LogP contribution in [0, 0.1) is 0 Å². The van der Waals surface area contributed by atoms with E-state index in [2.05, 4.69) is 0 Å². The zero-order valence-electron chi connectivity index (χ0n) is 9.67. The highest BCUT2D eigenvalue weighted by molar-refractivity contribution is 7.09. The minimum atomic E-state index is -1.13. The number of piperidine rings is 1. The second kappa shape index (κ2) is 5.30. The highest BCUT2D eigenvalue weighted by atomic mass is 32.1. The summed E-state index contributed by atoms with van der Waals surface area (Å²) < 4.78 is 0. The van der Waals surface area contributed by atoms with Gasteiger partial charge in [-0.2, -0.15) is 0 Å². The summed E-state index contributed by atoms with van der Waals surface area (Å²) in [6.07, 6.45) is 1.20. The van der Waals surface area contributed by atoms with E-state index in [1.807, 2.05) is 11.4 Å². The summed E-state index contributed by atoms with van der Waals surface area (Å²) in [4.78, 5) is 36.5. The van der Waals surface area contributed by atoms with E-state index in [0.29, 0.717) is 6.42 Å². The summed E-state index contributed by atoms with van der Waals surface area (Å²) in [5.41, 5.74) is 0. The fourth-order valence-corrected chi connectivity index (χ4v) is 2.77. The number of rotatable bonds is 4. The number of carboxylic acids is 1. The molecule has 5 nitrogen and oxygen atoms in total. The Hall–Kier alpha value is -1.69. The van der Waals surface area contributed by atoms with E-state index in [4.69, 9.17) is 0 Å². The first-order valence-corrected chi connectivity index (χ1v) is 6.57. The topological polar surface area (TPSA) is 74.7 Å². The van der Waals surface area contributed by atoms with Crippen LogP contribution in [0.2, 0.25) is 0 Å². The van der Waals surface area contributed by atoms with Crippen LogP contribution in [-0.2, 0) is 20.8 Å². The number of nitrogens with zero attached hydrogens (tertiary/aromatic N) is 1.